The topological polar surface area (TPSA) is 57.5 Å². The van der Waals surface area contributed by atoms with Crippen molar-refractivity contribution >= 4 is 5.97 Å². The molecule has 1 saturated carbocycles. The van der Waals surface area contributed by atoms with E-state index in [2.05, 4.69) is 13.8 Å². The van der Waals surface area contributed by atoms with Crippen molar-refractivity contribution in [3.8, 4) is 5.75 Å². The van der Waals surface area contributed by atoms with Gasteiger partial charge in [-0.05, 0) is 73.1 Å². The van der Waals surface area contributed by atoms with Crippen molar-refractivity contribution in [3.05, 3.63) is 29.3 Å². The van der Waals surface area contributed by atoms with Crippen molar-refractivity contribution in [1.29, 1.82) is 0 Å². The lowest BCUT2D eigenvalue weighted by atomic mass is 9.47. The Morgan fingerprint density at radius 3 is 2.67 bits per heavy atom. The Bertz CT molecular complexity index is 594. The number of fused-ring (bicyclic) bond motifs is 3. The lowest BCUT2D eigenvalue weighted by Crippen LogP contribution is -2.55. The molecule has 1 aromatic rings. The molecule has 0 amide bonds. The average molecular weight is 288 g/mol. The monoisotopic (exact) mass is 288 g/mol. The van der Waals surface area contributed by atoms with E-state index in [-0.39, 0.29) is 23.0 Å². The Morgan fingerprint density at radius 2 is 2.00 bits per heavy atom. The van der Waals surface area contributed by atoms with E-state index in [9.17, 15) is 15.0 Å². The molecule has 3 heteroatoms. The van der Waals surface area contributed by atoms with Crippen LogP contribution in [0.3, 0.4) is 0 Å². The molecule has 0 heterocycles. The Labute approximate surface area is 126 Å². The third-order valence-corrected chi connectivity index (χ3v) is 6.49. The number of aryl methyl sites for hydroxylation is 1. The molecule has 0 aromatic heterocycles. The predicted molar refractivity (Wildman–Crippen MR) is 81.4 cm³/mol. The number of carboxylic acids is 1. The molecule has 2 aliphatic rings. The molecule has 4 atom stereocenters. The van der Waals surface area contributed by atoms with Crippen molar-refractivity contribution < 1.29 is 15.0 Å². The van der Waals surface area contributed by atoms with Crippen LogP contribution in [0.2, 0.25) is 0 Å². The van der Waals surface area contributed by atoms with Crippen molar-refractivity contribution in [2.24, 2.45) is 17.3 Å². The number of phenolic OH excluding ortho intramolecular Hbond substituents is 1. The first-order valence-electron chi connectivity index (χ1n) is 7.86. The highest BCUT2D eigenvalue weighted by molar-refractivity contribution is 5.76. The zero-order chi connectivity index (χ0) is 15.4. The van der Waals surface area contributed by atoms with E-state index in [0.717, 1.165) is 31.2 Å². The van der Waals surface area contributed by atoms with Crippen molar-refractivity contribution in [1.82, 2.24) is 0 Å². The summed E-state index contributed by atoms with van der Waals surface area (Å²) in [5.41, 5.74) is 1.61. The number of phenols is 1. The first kappa shape index (κ1) is 14.4. The molecule has 114 valence electrons. The first-order chi connectivity index (χ1) is 9.80. The molecule has 3 rings (SSSR count). The highest BCUT2D eigenvalue weighted by atomic mass is 16.4. The van der Waals surface area contributed by atoms with Crippen LogP contribution in [-0.4, -0.2) is 16.2 Å². The average Bonchev–Trinajstić information content (AvgIpc) is 2.44. The Kier molecular flexibility index (Phi) is 3.09. The molecule has 0 saturated heterocycles. The van der Waals surface area contributed by atoms with Gasteiger partial charge in [-0.15, -0.1) is 0 Å². The van der Waals surface area contributed by atoms with Gasteiger partial charge in [0.05, 0.1) is 5.41 Å². The molecule has 0 radical (unpaired) electrons. The fraction of sp³-hybridized carbons (Fsp3) is 0.611. The molecule has 0 spiro atoms. The van der Waals surface area contributed by atoms with Crippen molar-refractivity contribution in [2.75, 3.05) is 0 Å². The number of rotatable bonds is 1. The summed E-state index contributed by atoms with van der Waals surface area (Å²) >= 11 is 0. The van der Waals surface area contributed by atoms with E-state index in [4.69, 9.17) is 0 Å². The molecule has 1 fully saturated rings. The van der Waals surface area contributed by atoms with Gasteiger partial charge in [0.25, 0.3) is 0 Å². The number of aliphatic carboxylic acids is 1. The van der Waals surface area contributed by atoms with Crippen molar-refractivity contribution in [2.45, 2.75) is 51.9 Å². The summed E-state index contributed by atoms with van der Waals surface area (Å²) in [6.45, 7) is 6.20. The lowest BCUT2D eigenvalue weighted by molar-refractivity contribution is -0.163. The molecule has 0 bridgehead atoms. The number of hydrogen-bond donors (Lipinski definition) is 2. The number of aromatic hydroxyl groups is 1. The minimum atomic E-state index is -0.684. The summed E-state index contributed by atoms with van der Waals surface area (Å²) in [4.78, 5) is 12.0. The van der Waals surface area contributed by atoms with Gasteiger partial charge < -0.3 is 10.2 Å². The van der Waals surface area contributed by atoms with E-state index in [1.807, 2.05) is 19.1 Å². The molecule has 21 heavy (non-hydrogen) atoms. The van der Waals surface area contributed by atoms with Crippen LogP contribution in [0, 0.1) is 17.3 Å². The summed E-state index contributed by atoms with van der Waals surface area (Å²) in [5, 5.41) is 19.7. The summed E-state index contributed by atoms with van der Waals surface area (Å²) in [6.07, 6.45) is 3.75. The van der Waals surface area contributed by atoms with Gasteiger partial charge >= 0.3 is 5.97 Å². The van der Waals surface area contributed by atoms with Gasteiger partial charge in [0.2, 0.25) is 0 Å². The van der Waals surface area contributed by atoms with Crippen LogP contribution < -0.4 is 0 Å². The maximum Gasteiger partial charge on any atom is 0.309 e. The van der Waals surface area contributed by atoms with Gasteiger partial charge in [0.1, 0.15) is 5.75 Å². The minimum Gasteiger partial charge on any atom is -0.508 e. The van der Waals surface area contributed by atoms with Crippen LogP contribution >= 0.6 is 0 Å². The number of carboxylic acid groups (broad SMARTS) is 1. The zero-order valence-electron chi connectivity index (χ0n) is 13.0. The second-order valence-electron chi connectivity index (χ2n) is 7.38. The van der Waals surface area contributed by atoms with E-state index in [1.165, 1.54) is 5.56 Å². The zero-order valence-corrected chi connectivity index (χ0v) is 13.0. The smallest absolute Gasteiger partial charge is 0.309 e. The first-order valence-corrected chi connectivity index (χ1v) is 7.86. The molecular weight excluding hydrogens is 264 g/mol. The summed E-state index contributed by atoms with van der Waals surface area (Å²) in [5.74, 6) is -0.0757. The largest absolute Gasteiger partial charge is 0.508 e. The summed E-state index contributed by atoms with van der Waals surface area (Å²) in [7, 11) is 0. The second-order valence-corrected chi connectivity index (χ2v) is 7.38. The molecular formula is C18H24O3. The van der Waals surface area contributed by atoms with E-state index < -0.39 is 11.4 Å². The van der Waals surface area contributed by atoms with E-state index in [0.29, 0.717) is 0 Å². The van der Waals surface area contributed by atoms with Gasteiger partial charge in [0.15, 0.2) is 0 Å². The number of benzene rings is 1. The third-order valence-electron chi connectivity index (χ3n) is 6.49. The highest BCUT2D eigenvalue weighted by Crippen LogP contribution is 2.59. The maximum atomic E-state index is 12.0. The number of hydrogen-bond acceptors (Lipinski definition) is 2. The molecule has 1 unspecified atom stereocenters. The molecule has 2 aliphatic carbocycles. The second kappa shape index (κ2) is 4.49. The minimum absolute atomic E-state index is 0.126. The van der Waals surface area contributed by atoms with Gasteiger partial charge in [-0.2, -0.15) is 0 Å². The summed E-state index contributed by atoms with van der Waals surface area (Å²) < 4.78 is 0. The van der Waals surface area contributed by atoms with Crippen LogP contribution in [0.1, 0.15) is 51.2 Å². The van der Waals surface area contributed by atoms with E-state index in [1.54, 1.807) is 6.07 Å². The highest BCUT2D eigenvalue weighted by Gasteiger charge is 2.58. The van der Waals surface area contributed by atoms with Gasteiger partial charge in [-0.25, -0.2) is 0 Å². The molecule has 3 nitrogen and oxygen atoms in total. The third kappa shape index (κ3) is 1.82. The van der Waals surface area contributed by atoms with Crippen molar-refractivity contribution in [3.63, 3.8) is 0 Å². The predicted octanol–water partition coefficient (Wildman–Crippen LogP) is 3.73. The molecule has 2 N–H and O–H groups in total. The molecule has 0 aliphatic heterocycles. The van der Waals surface area contributed by atoms with Crippen LogP contribution in [-0.2, 0) is 16.6 Å². The fourth-order valence-corrected chi connectivity index (χ4v) is 4.91. The van der Waals surface area contributed by atoms with Gasteiger partial charge in [0, 0.05) is 0 Å². The van der Waals surface area contributed by atoms with Crippen LogP contribution in [0.25, 0.3) is 0 Å². The van der Waals surface area contributed by atoms with Crippen LogP contribution in [0.4, 0.5) is 0 Å². The van der Waals surface area contributed by atoms with Gasteiger partial charge in [-0.1, -0.05) is 19.9 Å². The fourth-order valence-electron chi connectivity index (χ4n) is 4.91. The van der Waals surface area contributed by atoms with E-state index >= 15 is 0 Å². The SMILES string of the molecule is CC1CC[C@]2(C)c3cc(O)ccc3CC[C@H]2[C@@]1(C)C(=O)O. The standard InChI is InChI=1S/C18H24O3/c1-11-8-9-17(2)14-10-13(19)6-4-12(14)5-7-15(17)18(11,3)16(20)21/h4,6,10-11,15,19H,5,7-9H2,1-3H3,(H,20,21)/t11?,15-,17-,18+/m1/s1. The summed E-state index contributed by atoms with van der Waals surface area (Å²) in [6, 6.07) is 5.60. The van der Waals surface area contributed by atoms with Crippen LogP contribution in [0.15, 0.2) is 18.2 Å². The molecule has 1 aromatic carbocycles. The Morgan fingerprint density at radius 1 is 1.29 bits per heavy atom. The maximum absolute atomic E-state index is 12.0. The quantitative estimate of drug-likeness (QED) is 0.827. The number of carbonyl (C=O) groups is 1. The lowest BCUT2D eigenvalue weighted by Gasteiger charge is -2.56. The Balaban J connectivity index is 2.15. The Hall–Kier alpha value is -1.51. The normalized spacial score (nSPS) is 38.4. The van der Waals surface area contributed by atoms with Gasteiger partial charge in [-0.3, -0.25) is 4.79 Å². The van der Waals surface area contributed by atoms with Crippen LogP contribution in [0.5, 0.6) is 5.75 Å².